The van der Waals surface area contributed by atoms with Crippen LogP contribution in [0.5, 0.6) is 11.6 Å². The van der Waals surface area contributed by atoms with Gasteiger partial charge in [-0.3, -0.25) is 0 Å². The molecule has 0 fully saturated rings. The van der Waals surface area contributed by atoms with Gasteiger partial charge in [-0.25, -0.2) is 9.98 Å². The van der Waals surface area contributed by atoms with Crippen LogP contribution in [0.4, 0.5) is 5.69 Å². The van der Waals surface area contributed by atoms with Gasteiger partial charge in [0.25, 0.3) is 0 Å². The average Bonchev–Trinajstić information content (AvgIpc) is 2.57. The highest BCUT2D eigenvalue weighted by Crippen LogP contribution is 2.31. The monoisotopic (exact) mass is 344 g/mol. The van der Waals surface area contributed by atoms with Crippen LogP contribution in [-0.2, 0) is 0 Å². The number of rotatable bonds is 7. The zero-order chi connectivity index (χ0) is 17.5. The van der Waals surface area contributed by atoms with E-state index >= 15 is 0 Å². The van der Waals surface area contributed by atoms with Gasteiger partial charge in [0, 0.05) is 25.9 Å². The average molecular weight is 344 g/mol. The van der Waals surface area contributed by atoms with Crippen LogP contribution >= 0.6 is 11.8 Å². The molecule has 128 valence electrons. The van der Waals surface area contributed by atoms with E-state index in [1.165, 1.54) is 0 Å². The fourth-order valence-electron chi connectivity index (χ4n) is 1.96. The van der Waals surface area contributed by atoms with E-state index in [1.54, 1.807) is 24.0 Å². The second-order valence-corrected chi connectivity index (χ2v) is 6.67. The lowest BCUT2D eigenvalue weighted by Crippen LogP contribution is -2.14. The molecule has 0 saturated heterocycles. The van der Waals surface area contributed by atoms with E-state index in [0.29, 0.717) is 5.88 Å². The molecule has 24 heavy (non-hydrogen) atoms. The number of thioether (sulfide) groups is 1. The van der Waals surface area contributed by atoms with E-state index in [-0.39, 0.29) is 0 Å². The molecule has 0 N–H and O–H groups in total. The van der Waals surface area contributed by atoms with Crippen molar-refractivity contribution in [2.75, 3.05) is 19.3 Å². The van der Waals surface area contributed by atoms with Crippen molar-refractivity contribution >= 4 is 23.8 Å². The first-order valence-electron chi connectivity index (χ1n) is 8.02. The van der Waals surface area contributed by atoms with Gasteiger partial charge in [0.15, 0.2) is 5.16 Å². The number of aliphatic imine (C=N–C) groups is 1. The Morgan fingerprint density at radius 2 is 2.04 bits per heavy atom. The molecular weight excluding hydrogens is 320 g/mol. The lowest BCUT2D eigenvalue weighted by atomic mass is 10.1. The van der Waals surface area contributed by atoms with E-state index in [9.17, 15) is 0 Å². The summed E-state index contributed by atoms with van der Waals surface area (Å²) in [5.74, 6) is 2.28. The van der Waals surface area contributed by atoms with Gasteiger partial charge < -0.3 is 9.64 Å². The Morgan fingerprint density at radius 1 is 1.25 bits per heavy atom. The second-order valence-electron chi connectivity index (χ2n) is 5.43. The molecule has 0 aliphatic heterocycles. The predicted molar refractivity (Wildman–Crippen MR) is 101 cm³/mol. The zero-order valence-electron chi connectivity index (χ0n) is 14.9. The van der Waals surface area contributed by atoms with E-state index in [1.807, 2.05) is 44.3 Å². The Hall–Kier alpha value is -2.08. The van der Waals surface area contributed by atoms with Gasteiger partial charge in [0.1, 0.15) is 5.75 Å². The van der Waals surface area contributed by atoms with Crippen molar-refractivity contribution in [3.63, 3.8) is 0 Å². The van der Waals surface area contributed by atoms with Crippen molar-refractivity contribution in [3.05, 3.63) is 35.5 Å². The second kappa shape index (κ2) is 8.68. The van der Waals surface area contributed by atoms with Crippen LogP contribution < -0.4 is 4.74 Å². The summed E-state index contributed by atoms with van der Waals surface area (Å²) in [6.45, 7) is 9.14. The third-order valence-corrected chi connectivity index (χ3v) is 4.23. The Morgan fingerprint density at radius 3 is 2.75 bits per heavy atom. The molecule has 0 unspecified atom stereocenters. The lowest BCUT2D eigenvalue weighted by Gasteiger charge is -2.12. The first-order chi connectivity index (χ1) is 11.5. The Labute approximate surface area is 148 Å². The fourth-order valence-corrected chi connectivity index (χ4v) is 2.51. The van der Waals surface area contributed by atoms with E-state index in [0.717, 1.165) is 40.0 Å². The number of aromatic nitrogens is 2. The number of aryl methyl sites for hydroxylation is 2. The normalized spacial score (nSPS) is 11.0. The highest BCUT2D eigenvalue weighted by Gasteiger charge is 2.08. The van der Waals surface area contributed by atoms with Crippen LogP contribution in [0.25, 0.3) is 0 Å². The fraction of sp³-hybridized carbons (Fsp3) is 0.389. The van der Waals surface area contributed by atoms with Crippen molar-refractivity contribution in [3.8, 4) is 11.6 Å². The predicted octanol–water partition coefficient (Wildman–Crippen LogP) is 4.61. The van der Waals surface area contributed by atoms with Crippen LogP contribution in [0.3, 0.4) is 0 Å². The largest absolute Gasteiger partial charge is 0.439 e. The number of ether oxygens (including phenoxy) is 1. The summed E-state index contributed by atoms with van der Waals surface area (Å²) in [6, 6.07) is 5.81. The number of benzene rings is 1. The van der Waals surface area contributed by atoms with Gasteiger partial charge in [-0.2, -0.15) is 4.98 Å². The molecule has 5 nitrogen and oxygen atoms in total. The minimum atomic E-state index is 0.561. The molecule has 0 spiro atoms. The third-order valence-electron chi connectivity index (χ3n) is 3.48. The summed E-state index contributed by atoms with van der Waals surface area (Å²) >= 11 is 1.60. The SMILES string of the molecule is CCSc1nccc(Oc2cc(C)c(/N=C/N(C)CC)cc2C)n1. The van der Waals surface area contributed by atoms with Crippen LogP contribution in [0.2, 0.25) is 0 Å². The van der Waals surface area contributed by atoms with Gasteiger partial charge >= 0.3 is 0 Å². The molecule has 0 bridgehead atoms. The summed E-state index contributed by atoms with van der Waals surface area (Å²) in [6.07, 6.45) is 3.57. The lowest BCUT2D eigenvalue weighted by molar-refractivity contribution is 0.452. The van der Waals surface area contributed by atoms with E-state index < -0.39 is 0 Å². The summed E-state index contributed by atoms with van der Waals surface area (Å²) < 4.78 is 5.95. The summed E-state index contributed by atoms with van der Waals surface area (Å²) in [5.41, 5.74) is 3.04. The molecule has 1 aromatic heterocycles. The van der Waals surface area contributed by atoms with Crippen LogP contribution in [0.15, 0.2) is 34.5 Å². The highest BCUT2D eigenvalue weighted by molar-refractivity contribution is 7.99. The Balaban J connectivity index is 2.21. The van der Waals surface area contributed by atoms with Gasteiger partial charge in [-0.1, -0.05) is 18.7 Å². The molecule has 1 heterocycles. The molecule has 0 aliphatic carbocycles. The summed E-state index contributed by atoms with van der Waals surface area (Å²) in [4.78, 5) is 15.2. The topological polar surface area (TPSA) is 50.6 Å². The first-order valence-corrected chi connectivity index (χ1v) is 9.01. The van der Waals surface area contributed by atoms with E-state index in [4.69, 9.17) is 4.74 Å². The summed E-state index contributed by atoms with van der Waals surface area (Å²) in [7, 11) is 2.00. The standard InChI is InChI=1S/C18H24N4OS/c1-6-22(5)12-20-15-10-14(4)16(11-13(15)3)23-17-8-9-19-18(21-17)24-7-2/h8-12H,6-7H2,1-5H3/b20-12+. The number of hydrogen-bond acceptors (Lipinski definition) is 5. The van der Waals surface area contributed by atoms with E-state index in [2.05, 4.69) is 28.8 Å². The molecule has 0 amide bonds. The van der Waals surface area contributed by atoms with Crippen molar-refractivity contribution in [2.45, 2.75) is 32.9 Å². The molecule has 6 heteroatoms. The van der Waals surface area contributed by atoms with Crippen LogP contribution in [0.1, 0.15) is 25.0 Å². The van der Waals surface area contributed by atoms with Gasteiger partial charge in [0.2, 0.25) is 5.88 Å². The molecule has 0 saturated carbocycles. The molecule has 1 aromatic carbocycles. The quantitative estimate of drug-likeness (QED) is 0.318. The highest BCUT2D eigenvalue weighted by atomic mass is 32.2. The minimum Gasteiger partial charge on any atom is -0.439 e. The molecule has 0 aliphatic rings. The molecule has 0 radical (unpaired) electrons. The van der Waals surface area contributed by atoms with Gasteiger partial charge in [0.05, 0.1) is 12.0 Å². The van der Waals surface area contributed by atoms with Crippen molar-refractivity contribution in [1.29, 1.82) is 0 Å². The first kappa shape index (κ1) is 18.3. The third kappa shape index (κ3) is 4.96. The molecule has 2 aromatic rings. The molecule has 2 rings (SSSR count). The Kier molecular flexibility index (Phi) is 6.61. The van der Waals surface area contributed by atoms with Crippen molar-refractivity contribution < 1.29 is 4.74 Å². The smallest absolute Gasteiger partial charge is 0.223 e. The number of nitrogens with zero attached hydrogens (tertiary/aromatic N) is 4. The van der Waals surface area contributed by atoms with Crippen molar-refractivity contribution in [2.24, 2.45) is 4.99 Å². The maximum absolute atomic E-state index is 5.95. The van der Waals surface area contributed by atoms with Gasteiger partial charge in [-0.05, 0) is 49.8 Å². The van der Waals surface area contributed by atoms with Crippen LogP contribution in [0, 0.1) is 13.8 Å². The van der Waals surface area contributed by atoms with Crippen LogP contribution in [-0.4, -0.2) is 40.6 Å². The summed E-state index contributed by atoms with van der Waals surface area (Å²) in [5, 5.41) is 0.730. The molecule has 0 atom stereocenters. The van der Waals surface area contributed by atoms with Crippen molar-refractivity contribution in [1.82, 2.24) is 14.9 Å². The number of hydrogen-bond donors (Lipinski definition) is 0. The minimum absolute atomic E-state index is 0.561. The molecular formula is C18H24N4OS. The maximum Gasteiger partial charge on any atom is 0.223 e. The van der Waals surface area contributed by atoms with Gasteiger partial charge in [-0.15, -0.1) is 0 Å². The zero-order valence-corrected chi connectivity index (χ0v) is 15.7. The maximum atomic E-state index is 5.95. The Bertz CT molecular complexity index is 718.